The summed E-state index contributed by atoms with van der Waals surface area (Å²) in [5.41, 5.74) is 7.03. The molecule has 2 atom stereocenters. The van der Waals surface area contributed by atoms with Gasteiger partial charge in [-0.2, -0.15) is 0 Å². The molecule has 2 rings (SSSR count). The van der Waals surface area contributed by atoms with Crippen LogP contribution in [0.2, 0.25) is 0 Å². The number of aromatic nitrogens is 1. The maximum atomic E-state index is 12.0. The summed E-state index contributed by atoms with van der Waals surface area (Å²) in [4.78, 5) is 12.0. The summed E-state index contributed by atoms with van der Waals surface area (Å²) in [7, 11) is 0. The fraction of sp³-hybridized carbons (Fsp3) is 0.583. The highest BCUT2D eigenvalue weighted by molar-refractivity contribution is 5.94. The summed E-state index contributed by atoms with van der Waals surface area (Å²) in [6.07, 6.45) is 2.90. The largest absolute Gasteiger partial charge is 0.397 e. The van der Waals surface area contributed by atoms with Crippen molar-refractivity contribution in [2.45, 2.75) is 39.3 Å². The predicted molar refractivity (Wildman–Crippen MR) is 64.3 cm³/mol. The lowest BCUT2D eigenvalue weighted by atomic mass is 10.3. The lowest BCUT2D eigenvalue weighted by Gasteiger charge is -2.12. The molecular weight excluding hydrogens is 202 g/mol. The Morgan fingerprint density at radius 1 is 1.62 bits per heavy atom. The molecule has 3 N–H and O–H groups in total. The zero-order valence-electron chi connectivity index (χ0n) is 10.0. The van der Waals surface area contributed by atoms with Gasteiger partial charge < -0.3 is 15.6 Å². The predicted octanol–water partition coefficient (Wildman–Crippen LogP) is 1.79. The Hall–Kier alpha value is -1.45. The standard InChI is InChI=1S/C12H19N3O/c1-7(2)15-6-9(13)5-11(15)12(16)14-10-4-8(10)3/h5-8,10H,4,13H2,1-3H3,(H,14,16). The molecule has 1 saturated carbocycles. The molecule has 1 aromatic rings. The van der Waals surface area contributed by atoms with Gasteiger partial charge >= 0.3 is 0 Å². The third-order valence-corrected chi connectivity index (χ3v) is 3.08. The number of carbonyl (C=O) groups excluding carboxylic acids is 1. The van der Waals surface area contributed by atoms with Crippen LogP contribution in [0.15, 0.2) is 12.3 Å². The number of nitrogens with two attached hydrogens (primary N) is 1. The molecule has 1 aliphatic carbocycles. The molecule has 4 nitrogen and oxygen atoms in total. The summed E-state index contributed by atoms with van der Waals surface area (Å²) in [5, 5.41) is 3.01. The Bertz CT molecular complexity index is 408. The van der Waals surface area contributed by atoms with E-state index in [-0.39, 0.29) is 11.9 Å². The van der Waals surface area contributed by atoms with Crippen LogP contribution < -0.4 is 11.1 Å². The van der Waals surface area contributed by atoms with Gasteiger partial charge in [-0.15, -0.1) is 0 Å². The Morgan fingerprint density at radius 3 is 2.75 bits per heavy atom. The molecule has 1 amide bonds. The van der Waals surface area contributed by atoms with Crippen molar-refractivity contribution in [1.29, 1.82) is 0 Å². The minimum Gasteiger partial charge on any atom is -0.397 e. The molecule has 1 heterocycles. The summed E-state index contributed by atoms with van der Waals surface area (Å²) < 4.78 is 1.91. The van der Waals surface area contributed by atoms with Crippen LogP contribution in [0.5, 0.6) is 0 Å². The van der Waals surface area contributed by atoms with E-state index in [1.807, 2.05) is 24.6 Å². The maximum Gasteiger partial charge on any atom is 0.268 e. The van der Waals surface area contributed by atoms with Crippen LogP contribution in [-0.2, 0) is 0 Å². The molecular formula is C12H19N3O. The summed E-state index contributed by atoms with van der Waals surface area (Å²) in [6, 6.07) is 2.33. The summed E-state index contributed by atoms with van der Waals surface area (Å²) >= 11 is 0. The highest BCUT2D eigenvalue weighted by atomic mass is 16.2. The smallest absolute Gasteiger partial charge is 0.268 e. The minimum absolute atomic E-state index is 0.0141. The van der Waals surface area contributed by atoms with E-state index in [4.69, 9.17) is 5.73 Å². The van der Waals surface area contributed by atoms with Crippen molar-refractivity contribution in [3.8, 4) is 0 Å². The van der Waals surface area contributed by atoms with Gasteiger partial charge in [0.2, 0.25) is 0 Å². The molecule has 1 fully saturated rings. The number of nitrogen functional groups attached to an aromatic ring is 1. The Morgan fingerprint density at radius 2 is 2.25 bits per heavy atom. The van der Waals surface area contributed by atoms with E-state index in [2.05, 4.69) is 12.2 Å². The number of anilines is 1. The van der Waals surface area contributed by atoms with Gasteiger partial charge in [-0.05, 0) is 32.3 Å². The number of hydrogen-bond donors (Lipinski definition) is 2. The van der Waals surface area contributed by atoms with Crippen LogP contribution in [0, 0.1) is 5.92 Å². The first kappa shape index (κ1) is 11.0. The van der Waals surface area contributed by atoms with Crippen molar-refractivity contribution in [3.05, 3.63) is 18.0 Å². The van der Waals surface area contributed by atoms with Crippen LogP contribution >= 0.6 is 0 Å². The molecule has 0 aliphatic heterocycles. The first-order valence-electron chi connectivity index (χ1n) is 5.77. The molecule has 0 aromatic carbocycles. The molecule has 1 aromatic heterocycles. The van der Waals surface area contributed by atoms with E-state index >= 15 is 0 Å². The second kappa shape index (κ2) is 3.85. The van der Waals surface area contributed by atoms with Gasteiger partial charge in [0.25, 0.3) is 5.91 Å². The van der Waals surface area contributed by atoms with Crippen LogP contribution in [0.3, 0.4) is 0 Å². The SMILES string of the molecule is CC1CC1NC(=O)c1cc(N)cn1C(C)C. The average molecular weight is 221 g/mol. The number of hydrogen-bond acceptors (Lipinski definition) is 2. The van der Waals surface area contributed by atoms with Crippen LogP contribution in [0.1, 0.15) is 43.7 Å². The van der Waals surface area contributed by atoms with Crippen molar-refractivity contribution < 1.29 is 4.79 Å². The van der Waals surface area contributed by atoms with E-state index in [9.17, 15) is 4.79 Å². The number of nitrogens with zero attached hydrogens (tertiary/aromatic N) is 1. The number of rotatable bonds is 3. The molecule has 16 heavy (non-hydrogen) atoms. The lowest BCUT2D eigenvalue weighted by Crippen LogP contribution is -2.28. The van der Waals surface area contributed by atoms with Gasteiger partial charge in [-0.25, -0.2) is 0 Å². The highest BCUT2D eigenvalue weighted by Gasteiger charge is 2.34. The Labute approximate surface area is 95.8 Å². The summed E-state index contributed by atoms with van der Waals surface area (Å²) in [6.45, 7) is 6.22. The zero-order chi connectivity index (χ0) is 11.9. The fourth-order valence-corrected chi connectivity index (χ4v) is 1.88. The van der Waals surface area contributed by atoms with E-state index < -0.39 is 0 Å². The van der Waals surface area contributed by atoms with Crippen LogP contribution in [-0.4, -0.2) is 16.5 Å². The van der Waals surface area contributed by atoms with E-state index in [0.717, 1.165) is 6.42 Å². The molecule has 0 spiro atoms. The monoisotopic (exact) mass is 221 g/mol. The van der Waals surface area contributed by atoms with Crippen LogP contribution in [0.25, 0.3) is 0 Å². The van der Waals surface area contributed by atoms with Crippen molar-refractivity contribution in [2.24, 2.45) is 5.92 Å². The van der Waals surface area contributed by atoms with Gasteiger partial charge in [0, 0.05) is 18.3 Å². The molecule has 1 aliphatic rings. The quantitative estimate of drug-likeness (QED) is 0.817. The Kier molecular flexibility index (Phi) is 2.66. The van der Waals surface area contributed by atoms with Crippen LogP contribution in [0.4, 0.5) is 5.69 Å². The second-order valence-electron chi connectivity index (χ2n) is 4.95. The second-order valence-corrected chi connectivity index (χ2v) is 4.95. The van der Waals surface area contributed by atoms with E-state index in [1.165, 1.54) is 0 Å². The van der Waals surface area contributed by atoms with E-state index in [1.54, 1.807) is 6.07 Å². The topological polar surface area (TPSA) is 60.1 Å². The first-order valence-corrected chi connectivity index (χ1v) is 5.77. The normalized spacial score (nSPS) is 23.5. The van der Waals surface area contributed by atoms with Gasteiger partial charge in [0.05, 0.1) is 5.69 Å². The van der Waals surface area contributed by atoms with Crippen molar-refractivity contribution in [2.75, 3.05) is 5.73 Å². The number of amides is 1. The van der Waals surface area contributed by atoms with Gasteiger partial charge in [0.15, 0.2) is 0 Å². The number of carbonyl (C=O) groups is 1. The zero-order valence-corrected chi connectivity index (χ0v) is 10.0. The summed E-state index contributed by atoms with van der Waals surface area (Å²) in [5.74, 6) is 0.600. The number of nitrogens with one attached hydrogen (secondary N) is 1. The van der Waals surface area contributed by atoms with Gasteiger partial charge in [-0.3, -0.25) is 4.79 Å². The van der Waals surface area contributed by atoms with Gasteiger partial charge in [0.1, 0.15) is 5.69 Å². The van der Waals surface area contributed by atoms with Crippen molar-refractivity contribution >= 4 is 11.6 Å². The molecule has 0 saturated heterocycles. The van der Waals surface area contributed by atoms with Crippen molar-refractivity contribution in [1.82, 2.24) is 9.88 Å². The third kappa shape index (κ3) is 2.05. The molecule has 0 bridgehead atoms. The molecule has 4 heteroatoms. The van der Waals surface area contributed by atoms with Gasteiger partial charge in [-0.1, -0.05) is 6.92 Å². The highest BCUT2D eigenvalue weighted by Crippen LogP contribution is 2.29. The molecule has 88 valence electrons. The fourth-order valence-electron chi connectivity index (χ4n) is 1.88. The first-order chi connectivity index (χ1) is 7.49. The average Bonchev–Trinajstić information content (AvgIpc) is 2.74. The minimum atomic E-state index is -0.0141. The Balaban J connectivity index is 2.15. The molecule has 0 radical (unpaired) electrons. The third-order valence-electron chi connectivity index (χ3n) is 3.08. The van der Waals surface area contributed by atoms with Crippen molar-refractivity contribution in [3.63, 3.8) is 0 Å². The van der Waals surface area contributed by atoms with E-state index in [0.29, 0.717) is 23.3 Å². The maximum absolute atomic E-state index is 12.0. The molecule has 2 unspecified atom stereocenters. The lowest BCUT2D eigenvalue weighted by molar-refractivity contribution is 0.0938.